The van der Waals surface area contributed by atoms with E-state index in [9.17, 15) is 39.5 Å². The average molecular weight is 500 g/mol. The van der Waals surface area contributed by atoms with Crippen LogP contribution in [0.5, 0.6) is 0 Å². The summed E-state index contributed by atoms with van der Waals surface area (Å²) < 4.78 is 114. The Balaban J connectivity index is 4.54. The summed E-state index contributed by atoms with van der Waals surface area (Å²) in [5, 5.41) is 0. The molecule has 0 rings (SSSR count). The highest BCUT2D eigenvalue weighted by atomic mass is 127. The maximum atomic E-state index is 13.5. The molecule has 0 bridgehead atoms. The van der Waals surface area contributed by atoms with E-state index in [1.165, 1.54) is 22.6 Å². The zero-order valence-corrected chi connectivity index (χ0v) is 15.9. The second-order valence-corrected chi connectivity index (χ2v) is 7.82. The zero-order chi connectivity index (χ0) is 19.9. The summed E-state index contributed by atoms with van der Waals surface area (Å²) in [7, 11) is 0. The van der Waals surface area contributed by atoms with E-state index in [0.717, 1.165) is 32.1 Å². The minimum absolute atomic E-state index is 0.0532. The van der Waals surface area contributed by atoms with E-state index < -0.39 is 34.3 Å². The molecule has 10 heteroatoms. The van der Waals surface area contributed by atoms with Gasteiger partial charge in [0, 0.05) is 10.3 Å². The molecule has 0 saturated carbocycles. The van der Waals surface area contributed by atoms with E-state index in [1.807, 2.05) is 6.92 Å². The summed E-state index contributed by atoms with van der Waals surface area (Å²) in [4.78, 5) is 0. The second kappa shape index (κ2) is 9.87. The van der Waals surface area contributed by atoms with Gasteiger partial charge < -0.3 is 0 Å². The first-order valence-electron chi connectivity index (χ1n) is 8.05. The molecule has 152 valence electrons. The van der Waals surface area contributed by atoms with Gasteiger partial charge in [0.15, 0.2) is 0 Å². The van der Waals surface area contributed by atoms with Gasteiger partial charge in [0.25, 0.3) is 0 Å². The molecule has 0 radical (unpaired) electrons. The molecule has 0 aromatic heterocycles. The molecular weight excluding hydrogens is 478 g/mol. The van der Waals surface area contributed by atoms with E-state index in [2.05, 4.69) is 0 Å². The SMILES string of the molecule is CCCCCCCCCC(I)CC(F)(F)C(F)(F)C(F)(F)C(F)(F)F. The van der Waals surface area contributed by atoms with Crippen molar-refractivity contribution in [1.82, 2.24) is 0 Å². The van der Waals surface area contributed by atoms with Gasteiger partial charge in [-0.2, -0.15) is 39.5 Å². The van der Waals surface area contributed by atoms with Crippen LogP contribution < -0.4 is 0 Å². The van der Waals surface area contributed by atoms with Crippen LogP contribution in [0.25, 0.3) is 0 Å². The Morgan fingerprint density at radius 1 is 0.680 bits per heavy atom. The van der Waals surface area contributed by atoms with Gasteiger partial charge in [0.1, 0.15) is 0 Å². The van der Waals surface area contributed by atoms with Crippen molar-refractivity contribution in [1.29, 1.82) is 0 Å². The van der Waals surface area contributed by atoms with Crippen molar-refractivity contribution < 1.29 is 39.5 Å². The van der Waals surface area contributed by atoms with E-state index in [0.29, 0.717) is 12.8 Å². The van der Waals surface area contributed by atoms with Gasteiger partial charge in [-0.1, -0.05) is 74.5 Å². The topological polar surface area (TPSA) is 0 Å². The second-order valence-electron chi connectivity index (χ2n) is 6.06. The first kappa shape index (κ1) is 25.1. The molecule has 1 atom stereocenters. The lowest BCUT2D eigenvalue weighted by molar-refractivity contribution is -0.396. The number of halogens is 10. The van der Waals surface area contributed by atoms with Crippen LogP contribution in [0.1, 0.15) is 64.7 Å². The molecule has 0 fully saturated rings. The van der Waals surface area contributed by atoms with Crippen LogP contribution in [-0.4, -0.2) is 27.9 Å². The molecule has 0 aromatic carbocycles. The molecule has 0 saturated heterocycles. The average Bonchev–Trinajstić information content (AvgIpc) is 2.44. The largest absolute Gasteiger partial charge is 0.460 e. The molecule has 0 aromatic rings. The Morgan fingerprint density at radius 2 is 1.12 bits per heavy atom. The molecule has 0 N–H and O–H groups in total. The van der Waals surface area contributed by atoms with Gasteiger partial charge in [0.2, 0.25) is 0 Å². The fourth-order valence-electron chi connectivity index (χ4n) is 2.24. The maximum absolute atomic E-state index is 13.5. The molecule has 0 heterocycles. The van der Waals surface area contributed by atoms with Gasteiger partial charge in [-0.05, 0) is 6.42 Å². The monoisotopic (exact) mass is 500 g/mol. The normalized spacial score (nSPS) is 15.5. The van der Waals surface area contributed by atoms with Crippen LogP contribution >= 0.6 is 22.6 Å². The summed E-state index contributed by atoms with van der Waals surface area (Å²) in [6.07, 6.45) is -2.39. The third-order valence-electron chi connectivity index (χ3n) is 3.81. The fraction of sp³-hybridized carbons (Fsp3) is 1.00. The molecule has 0 nitrogen and oxygen atoms in total. The lowest BCUT2D eigenvalue weighted by Gasteiger charge is -2.34. The smallest absolute Gasteiger partial charge is 0.200 e. The minimum Gasteiger partial charge on any atom is -0.200 e. The number of hydrogen-bond donors (Lipinski definition) is 0. The van der Waals surface area contributed by atoms with E-state index in [-0.39, 0.29) is 6.42 Å². The van der Waals surface area contributed by atoms with Crippen molar-refractivity contribution in [2.24, 2.45) is 0 Å². The Morgan fingerprint density at radius 3 is 1.56 bits per heavy atom. The van der Waals surface area contributed by atoms with Gasteiger partial charge in [0.05, 0.1) is 0 Å². The van der Waals surface area contributed by atoms with Crippen molar-refractivity contribution in [3.05, 3.63) is 0 Å². The minimum atomic E-state index is -6.79. The summed E-state index contributed by atoms with van der Waals surface area (Å²) >= 11 is 1.39. The number of rotatable bonds is 12. The van der Waals surface area contributed by atoms with Crippen molar-refractivity contribution in [2.45, 2.75) is 92.6 Å². The van der Waals surface area contributed by atoms with Crippen molar-refractivity contribution in [2.75, 3.05) is 0 Å². The van der Waals surface area contributed by atoms with Gasteiger partial charge in [-0.3, -0.25) is 0 Å². The summed E-state index contributed by atoms with van der Waals surface area (Å²) in [6.45, 7) is 2.04. The summed E-state index contributed by atoms with van der Waals surface area (Å²) in [5.41, 5.74) is 0. The van der Waals surface area contributed by atoms with Gasteiger partial charge in [-0.15, -0.1) is 0 Å². The standard InChI is InChI=1S/C15H22F9I/c1-2-3-4-5-6-7-8-9-11(25)10-12(16,17)13(18,19)14(20,21)15(22,23)24/h11H,2-10H2,1H3. The first-order valence-corrected chi connectivity index (χ1v) is 9.29. The predicted molar refractivity (Wildman–Crippen MR) is 85.9 cm³/mol. The van der Waals surface area contributed by atoms with Crippen molar-refractivity contribution >= 4 is 22.6 Å². The van der Waals surface area contributed by atoms with Crippen LogP contribution in [0.3, 0.4) is 0 Å². The Labute approximate surface area is 155 Å². The molecule has 1 unspecified atom stereocenters. The predicted octanol–water partition coefficient (Wildman–Crippen LogP) is 7.79. The van der Waals surface area contributed by atoms with Crippen molar-refractivity contribution in [3.8, 4) is 0 Å². The Kier molecular flexibility index (Phi) is 9.91. The lowest BCUT2D eigenvalue weighted by Crippen LogP contribution is -2.61. The Hall–Kier alpha value is 0.1000. The Bertz CT molecular complexity index is 380. The van der Waals surface area contributed by atoms with Crippen LogP contribution in [0.2, 0.25) is 0 Å². The quantitative estimate of drug-likeness (QED) is 0.111. The fourth-order valence-corrected chi connectivity index (χ4v) is 3.23. The third kappa shape index (κ3) is 6.97. The summed E-state index contributed by atoms with van der Waals surface area (Å²) in [6, 6.07) is 0. The molecule has 0 aliphatic carbocycles. The molecule has 0 spiro atoms. The number of alkyl halides is 10. The van der Waals surface area contributed by atoms with Crippen LogP contribution in [0.4, 0.5) is 39.5 Å². The van der Waals surface area contributed by atoms with Crippen molar-refractivity contribution in [3.63, 3.8) is 0 Å². The highest BCUT2D eigenvalue weighted by Crippen LogP contribution is 2.54. The van der Waals surface area contributed by atoms with Gasteiger partial charge in [-0.25, -0.2) is 0 Å². The van der Waals surface area contributed by atoms with Crippen LogP contribution in [-0.2, 0) is 0 Å². The maximum Gasteiger partial charge on any atom is 0.460 e. The van der Waals surface area contributed by atoms with Crippen LogP contribution in [0.15, 0.2) is 0 Å². The summed E-state index contributed by atoms with van der Waals surface area (Å²) in [5.74, 6) is -18.8. The van der Waals surface area contributed by atoms with Gasteiger partial charge >= 0.3 is 23.9 Å². The molecule has 0 amide bonds. The molecule has 0 aliphatic heterocycles. The molecule has 25 heavy (non-hydrogen) atoms. The van der Waals surface area contributed by atoms with E-state index >= 15 is 0 Å². The van der Waals surface area contributed by atoms with E-state index in [4.69, 9.17) is 0 Å². The highest BCUT2D eigenvalue weighted by Gasteiger charge is 2.81. The molecular formula is C15H22F9I. The number of unbranched alkanes of at least 4 members (excludes halogenated alkanes) is 6. The zero-order valence-electron chi connectivity index (χ0n) is 13.7. The molecule has 0 aliphatic rings. The van der Waals surface area contributed by atoms with Crippen LogP contribution in [0, 0.1) is 0 Å². The highest BCUT2D eigenvalue weighted by molar-refractivity contribution is 14.1. The lowest BCUT2D eigenvalue weighted by atomic mass is 9.97. The van der Waals surface area contributed by atoms with E-state index in [1.54, 1.807) is 0 Å². The first-order chi connectivity index (χ1) is 11.2. The number of hydrogen-bond acceptors (Lipinski definition) is 0. The third-order valence-corrected chi connectivity index (χ3v) is 4.87.